The van der Waals surface area contributed by atoms with Crippen molar-refractivity contribution in [1.29, 1.82) is 0 Å². The van der Waals surface area contributed by atoms with E-state index in [9.17, 15) is 0 Å². The van der Waals surface area contributed by atoms with Crippen molar-refractivity contribution in [1.82, 2.24) is 4.98 Å². The first kappa shape index (κ1) is 10.4. The molecule has 0 radical (unpaired) electrons. The Kier molecular flexibility index (Phi) is 2.23. The molecule has 0 spiro atoms. The van der Waals surface area contributed by atoms with Gasteiger partial charge in [0.25, 0.3) is 0 Å². The zero-order chi connectivity index (χ0) is 11.1. The van der Waals surface area contributed by atoms with Gasteiger partial charge in [-0.15, -0.1) is 0 Å². The molecule has 3 heteroatoms. The molecule has 0 amide bonds. The van der Waals surface area contributed by atoms with Crippen LogP contribution in [0.5, 0.6) is 5.75 Å². The van der Waals surface area contributed by atoms with Crippen molar-refractivity contribution in [2.45, 2.75) is 37.6 Å². The van der Waals surface area contributed by atoms with Crippen LogP contribution in [-0.2, 0) is 5.41 Å². The lowest BCUT2D eigenvalue weighted by Crippen LogP contribution is -2.45. The second-order valence-corrected chi connectivity index (χ2v) is 4.88. The Morgan fingerprint density at radius 1 is 1.47 bits per heavy atom. The van der Waals surface area contributed by atoms with Crippen LogP contribution < -0.4 is 10.5 Å². The molecule has 1 saturated carbocycles. The SMILES string of the molecule is COc1ccnc(C2(C(C)(C)N)CC2)c1. The molecule has 0 atom stereocenters. The minimum Gasteiger partial charge on any atom is -0.497 e. The number of methoxy groups -OCH3 is 1. The molecule has 2 rings (SSSR count). The largest absolute Gasteiger partial charge is 0.497 e. The molecule has 1 heterocycles. The van der Waals surface area contributed by atoms with E-state index in [0.717, 1.165) is 24.3 Å². The maximum absolute atomic E-state index is 6.22. The number of hydrogen-bond acceptors (Lipinski definition) is 3. The average Bonchev–Trinajstić information content (AvgIpc) is 2.97. The van der Waals surface area contributed by atoms with E-state index in [1.165, 1.54) is 0 Å². The maximum atomic E-state index is 6.22. The molecule has 0 saturated heterocycles. The lowest BCUT2D eigenvalue weighted by molar-refractivity contribution is 0.377. The Bertz CT molecular complexity index is 364. The summed E-state index contributed by atoms with van der Waals surface area (Å²) in [5, 5.41) is 0. The van der Waals surface area contributed by atoms with E-state index >= 15 is 0 Å². The summed E-state index contributed by atoms with van der Waals surface area (Å²) in [7, 11) is 1.67. The van der Waals surface area contributed by atoms with Crippen molar-refractivity contribution in [2.24, 2.45) is 5.73 Å². The smallest absolute Gasteiger partial charge is 0.122 e. The highest BCUT2D eigenvalue weighted by atomic mass is 16.5. The lowest BCUT2D eigenvalue weighted by Gasteiger charge is -2.30. The second kappa shape index (κ2) is 3.20. The van der Waals surface area contributed by atoms with Gasteiger partial charge in [0.1, 0.15) is 5.75 Å². The quantitative estimate of drug-likeness (QED) is 0.821. The van der Waals surface area contributed by atoms with Gasteiger partial charge in [-0.3, -0.25) is 4.98 Å². The van der Waals surface area contributed by atoms with Crippen LogP contribution in [0.25, 0.3) is 0 Å². The van der Waals surface area contributed by atoms with Gasteiger partial charge in [0.2, 0.25) is 0 Å². The molecule has 1 aliphatic carbocycles. The summed E-state index contributed by atoms with van der Waals surface area (Å²) in [5.41, 5.74) is 7.12. The van der Waals surface area contributed by atoms with E-state index in [1.807, 2.05) is 12.1 Å². The zero-order valence-corrected chi connectivity index (χ0v) is 9.58. The van der Waals surface area contributed by atoms with Crippen molar-refractivity contribution in [3.05, 3.63) is 24.0 Å². The second-order valence-electron chi connectivity index (χ2n) is 4.88. The van der Waals surface area contributed by atoms with E-state index in [2.05, 4.69) is 18.8 Å². The number of aromatic nitrogens is 1. The predicted octanol–water partition coefficient (Wildman–Crippen LogP) is 1.86. The van der Waals surface area contributed by atoms with Crippen LogP contribution >= 0.6 is 0 Å². The molecule has 1 aromatic heterocycles. The van der Waals surface area contributed by atoms with E-state index in [1.54, 1.807) is 13.3 Å². The third-order valence-corrected chi connectivity index (χ3v) is 3.44. The molecule has 1 fully saturated rings. The fourth-order valence-corrected chi connectivity index (χ4v) is 2.16. The van der Waals surface area contributed by atoms with Gasteiger partial charge in [0.15, 0.2) is 0 Å². The van der Waals surface area contributed by atoms with Gasteiger partial charge < -0.3 is 10.5 Å². The molecule has 82 valence electrons. The number of hydrogen-bond donors (Lipinski definition) is 1. The van der Waals surface area contributed by atoms with Gasteiger partial charge in [0.05, 0.1) is 12.8 Å². The third-order valence-electron chi connectivity index (χ3n) is 3.44. The Balaban J connectivity index is 2.38. The fourth-order valence-electron chi connectivity index (χ4n) is 2.16. The first-order valence-electron chi connectivity index (χ1n) is 5.29. The Morgan fingerprint density at radius 3 is 2.60 bits per heavy atom. The van der Waals surface area contributed by atoms with Crippen LogP contribution in [0.1, 0.15) is 32.4 Å². The zero-order valence-electron chi connectivity index (χ0n) is 9.58. The Hall–Kier alpha value is -1.09. The molecule has 15 heavy (non-hydrogen) atoms. The van der Waals surface area contributed by atoms with E-state index in [0.29, 0.717) is 0 Å². The number of ether oxygens (including phenoxy) is 1. The highest BCUT2D eigenvalue weighted by Crippen LogP contribution is 2.54. The first-order chi connectivity index (χ1) is 6.99. The van der Waals surface area contributed by atoms with E-state index < -0.39 is 0 Å². The number of pyridine rings is 1. The summed E-state index contributed by atoms with van der Waals surface area (Å²) in [5.74, 6) is 0.857. The lowest BCUT2D eigenvalue weighted by atomic mass is 9.82. The van der Waals surface area contributed by atoms with Gasteiger partial charge in [-0.2, -0.15) is 0 Å². The Labute approximate surface area is 90.7 Å². The summed E-state index contributed by atoms with van der Waals surface area (Å²) in [6.45, 7) is 4.14. The van der Waals surface area contributed by atoms with Gasteiger partial charge >= 0.3 is 0 Å². The third kappa shape index (κ3) is 1.61. The normalized spacial score (nSPS) is 18.7. The van der Waals surface area contributed by atoms with Crippen LogP contribution in [0.3, 0.4) is 0 Å². The van der Waals surface area contributed by atoms with Crippen LogP contribution in [0.15, 0.2) is 18.3 Å². The van der Waals surface area contributed by atoms with Crippen molar-refractivity contribution < 1.29 is 4.74 Å². The van der Waals surface area contributed by atoms with Gasteiger partial charge in [-0.1, -0.05) is 0 Å². The predicted molar refractivity (Wildman–Crippen MR) is 60.0 cm³/mol. The molecule has 1 aliphatic rings. The van der Waals surface area contributed by atoms with Crippen LogP contribution in [-0.4, -0.2) is 17.6 Å². The standard InChI is InChI=1S/C12H18N2O/c1-11(2,13)12(5-6-12)10-8-9(15-3)4-7-14-10/h4,7-8H,5-6,13H2,1-3H3. The van der Waals surface area contributed by atoms with E-state index in [4.69, 9.17) is 10.5 Å². The van der Waals surface area contributed by atoms with Crippen LogP contribution in [0.2, 0.25) is 0 Å². The van der Waals surface area contributed by atoms with Gasteiger partial charge in [-0.25, -0.2) is 0 Å². The molecule has 0 unspecified atom stereocenters. The van der Waals surface area contributed by atoms with Crippen molar-refractivity contribution in [3.8, 4) is 5.75 Å². The van der Waals surface area contributed by atoms with Gasteiger partial charge in [0, 0.05) is 23.2 Å². The monoisotopic (exact) mass is 206 g/mol. The summed E-state index contributed by atoms with van der Waals surface area (Å²) in [4.78, 5) is 4.43. The van der Waals surface area contributed by atoms with E-state index in [-0.39, 0.29) is 11.0 Å². The number of nitrogens with zero attached hydrogens (tertiary/aromatic N) is 1. The maximum Gasteiger partial charge on any atom is 0.122 e. The minimum atomic E-state index is -0.216. The minimum absolute atomic E-state index is 0.0571. The Morgan fingerprint density at radius 2 is 2.13 bits per heavy atom. The first-order valence-corrected chi connectivity index (χ1v) is 5.29. The summed E-state index contributed by atoms with van der Waals surface area (Å²) in [6.07, 6.45) is 4.04. The molecular formula is C12H18N2O. The molecule has 0 bridgehead atoms. The molecule has 0 aliphatic heterocycles. The average molecular weight is 206 g/mol. The summed E-state index contributed by atoms with van der Waals surface area (Å²) >= 11 is 0. The molecular weight excluding hydrogens is 188 g/mol. The van der Waals surface area contributed by atoms with Crippen molar-refractivity contribution in [3.63, 3.8) is 0 Å². The number of nitrogens with two attached hydrogens (primary N) is 1. The van der Waals surface area contributed by atoms with Gasteiger partial charge in [-0.05, 0) is 32.8 Å². The summed E-state index contributed by atoms with van der Waals surface area (Å²) in [6, 6.07) is 3.87. The number of rotatable bonds is 3. The molecule has 0 aromatic carbocycles. The van der Waals surface area contributed by atoms with Crippen LogP contribution in [0.4, 0.5) is 0 Å². The topological polar surface area (TPSA) is 48.1 Å². The van der Waals surface area contributed by atoms with Crippen molar-refractivity contribution in [2.75, 3.05) is 7.11 Å². The molecule has 2 N–H and O–H groups in total. The van der Waals surface area contributed by atoms with Crippen molar-refractivity contribution >= 4 is 0 Å². The van der Waals surface area contributed by atoms with Crippen LogP contribution in [0, 0.1) is 0 Å². The molecule has 1 aromatic rings. The summed E-state index contributed by atoms with van der Waals surface area (Å²) < 4.78 is 5.21. The highest BCUT2D eigenvalue weighted by molar-refractivity contribution is 5.35. The fraction of sp³-hybridized carbons (Fsp3) is 0.583. The highest BCUT2D eigenvalue weighted by Gasteiger charge is 2.54. The molecule has 3 nitrogen and oxygen atoms in total.